The Morgan fingerprint density at radius 3 is 2.56 bits per heavy atom. The van der Waals surface area contributed by atoms with Gasteiger partial charge in [0.1, 0.15) is 0 Å². The number of aromatic amines is 1. The molecule has 1 nitrogen and oxygen atoms in total. The van der Waals surface area contributed by atoms with E-state index in [0.717, 1.165) is 10.5 Å². The van der Waals surface area contributed by atoms with Crippen molar-refractivity contribution in [1.82, 2.24) is 4.98 Å². The van der Waals surface area contributed by atoms with Crippen LogP contribution in [-0.4, -0.2) is 4.98 Å². The number of aromatic nitrogens is 1. The van der Waals surface area contributed by atoms with E-state index in [1.54, 1.807) is 0 Å². The van der Waals surface area contributed by atoms with Crippen molar-refractivity contribution in [3.8, 4) is 11.1 Å². The molecule has 0 fully saturated rings. The first-order valence-corrected chi connectivity index (χ1v) is 6.37. The SMILES string of the molecule is Cc1ccc(-c2c[nH]c3ccc(Cl)cc23)cc1C. The number of hydrogen-bond acceptors (Lipinski definition) is 0. The summed E-state index contributed by atoms with van der Waals surface area (Å²) in [5.41, 5.74) is 6.18. The molecule has 0 spiro atoms. The van der Waals surface area contributed by atoms with E-state index in [1.165, 1.54) is 27.6 Å². The first-order valence-electron chi connectivity index (χ1n) is 5.99. The minimum atomic E-state index is 0.771. The predicted molar refractivity (Wildman–Crippen MR) is 78.2 cm³/mol. The lowest BCUT2D eigenvalue weighted by atomic mass is 10.0. The number of nitrogens with one attached hydrogen (secondary N) is 1. The summed E-state index contributed by atoms with van der Waals surface area (Å²) in [6.07, 6.45) is 2.05. The van der Waals surface area contributed by atoms with Crippen LogP contribution in [-0.2, 0) is 0 Å². The second-order valence-corrected chi connectivity index (χ2v) is 5.13. The maximum atomic E-state index is 6.08. The molecule has 0 aliphatic rings. The lowest BCUT2D eigenvalue weighted by Crippen LogP contribution is -1.82. The Morgan fingerprint density at radius 2 is 1.78 bits per heavy atom. The Bertz CT molecular complexity index is 725. The van der Waals surface area contributed by atoms with Crippen molar-refractivity contribution < 1.29 is 0 Å². The van der Waals surface area contributed by atoms with Crippen LogP contribution in [0.3, 0.4) is 0 Å². The smallest absolute Gasteiger partial charge is 0.0461 e. The van der Waals surface area contributed by atoms with E-state index in [4.69, 9.17) is 11.6 Å². The van der Waals surface area contributed by atoms with Gasteiger partial charge in [-0.05, 0) is 48.7 Å². The summed E-state index contributed by atoms with van der Waals surface area (Å²) in [7, 11) is 0. The van der Waals surface area contributed by atoms with Crippen LogP contribution in [0.4, 0.5) is 0 Å². The molecule has 0 saturated carbocycles. The maximum Gasteiger partial charge on any atom is 0.0461 e. The van der Waals surface area contributed by atoms with Crippen LogP contribution in [0.5, 0.6) is 0 Å². The predicted octanol–water partition coefficient (Wildman–Crippen LogP) is 5.11. The third kappa shape index (κ3) is 1.81. The number of hydrogen-bond donors (Lipinski definition) is 1. The lowest BCUT2D eigenvalue weighted by molar-refractivity contribution is 1.34. The number of aryl methyl sites for hydroxylation is 2. The van der Waals surface area contributed by atoms with E-state index in [-0.39, 0.29) is 0 Å². The molecule has 2 aromatic carbocycles. The fraction of sp³-hybridized carbons (Fsp3) is 0.125. The van der Waals surface area contributed by atoms with Gasteiger partial charge in [-0.25, -0.2) is 0 Å². The summed E-state index contributed by atoms with van der Waals surface area (Å²) in [5.74, 6) is 0. The largest absolute Gasteiger partial charge is 0.361 e. The van der Waals surface area contributed by atoms with Gasteiger partial charge in [0.15, 0.2) is 0 Å². The number of halogens is 1. The molecule has 0 bridgehead atoms. The first-order chi connectivity index (χ1) is 8.65. The van der Waals surface area contributed by atoms with Crippen molar-refractivity contribution in [3.05, 3.63) is 58.7 Å². The summed E-state index contributed by atoms with van der Waals surface area (Å²) >= 11 is 6.08. The van der Waals surface area contributed by atoms with Crippen molar-refractivity contribution in [2.24, 2.45) is 0 Å². The summed E-state index contributed by atoms with van der Waals surface area (Å²) in [4.78, 5) is 3.29. The van der Waals surface area contributed by atoms with E-state index in [0.29, 0.717) is 0 Å². The number of fused-ring (bicyclic) bond motifs is 1. The summed E-state index contributed by atoms with van der Waals surface area (Å²) in [6, 6.07) is 12.5. The Labute approximate surface area is 111 Å². The van der Waals surface area contributed by atoms with Crippen molar-refractivity contribution in [2.45, 2.75) is 13.8 Å². The molecule has 0 unspecified atom stereocenters. The highest BCUT2D eigenvalue weighted by atomic mass is 35.5. The average Bonchev–Trinajstić information content (AvgIpc) is 2.75. The second kappa shape index (κ2) is 4.18. The van der Waals surface area contributed by atoms with Gasteiger partial charge in [0.25, 0.3) is 0 Å². The monoisotopic (exact) mass is 255 g/mol. The third-order valence-corrected chi connectivity index (χ3v) is 3.70. The molecule has 0 atom stereocenters. The van der Waals surface area contributed by atoms with Gasteiger partial charge in [0.2, 0.25) is 0 Å². The normalized spacial score (nSPS) is 11.1. The van der Waals surface area contributed by atoms with Gasteiger partial charge in [-0.1, -0.05) is 29.8 Å². The van der Waals surface area contributed by atoms with Gasteiger partial charge >= 0.3 is 0 Å². The van der Waals surface area contributed by atoms with E-state index >= 15 is 0 Å². The molecule has 18 heavy (non-hydrogen) atoms. The van der Waals surface area contributed by atoms with Crippen LogP contribution in [0.25, 0.3) is 22.0 Å². The minimum Gasteiger partial charge on any atom is -0.361 e. The van der Waals surface area contributed by atoms with Gasteiger partial charge in [-0.15, -0.1) is 0 Å². The molecule has 0 aliphatic heterocycles. The maximum absolute atomic E-state index is 6.08. The zero-order chi connectivity index (χ0) is 12.7. The van der Waals surface area contributed by atoms with E-state index in [9.17, 15) is 0 Å². The van der Waals surface area contributed by atoms with Gasteiger partial charge < -0.3 is 4.98 Å². The van der Waals surface area contributed by atoms with Crippen molar-refractivity contribution in [2.75, 3.05) is 0 Å². The van der Waals surface area contributed by atoms with Crippen molar-refractivity contribution in [3.63, 3.8) is 0 Å². The van der Waals surface area contributed by atoms with Gasteiger partial charge in [-0.2, -0.15) is 0 Å². The molecule has 90 valence electrons. The molecular formula is C16H14ClN. The second-order valence-electron chi connectivity index (χ2n) is 4.69. The lowest BCUT2D eigenvalue weighted by Gasteiger charge is -2.04. The van der Waals surface area contributed by atoms with Crippen LogP contribution < -0.4 is 0 Å². The van der Waals surface area contributed by atoms with E-state index in [2.05, 4.69) is 37.0 Å². The molecule has 1 N–H and O–H groups in total. The molecule has 1 heterocycles. The van der Waals surface area contributed by atoms with E-state index in [1.807, 2.05) is 24.4 Å². The highest BCUT2D eigenvalue weighted by molar-refractivity contribution is 6.31. The van der Waals surface area contributed by atoms with Crippen molar-refractivity contribution in [1.29, 1.82) is 0 Å². The van der Waals surface area contributed by atoms with Gasteiger partial charge in [0, 0.05) is 27.7 Å². The number of benzene rings is 2. The fourth-order valence-corrected chi connectivity index (χ4v) is 2.41. The summed E-state index contributed by atoms with van der Waals surface area (Å²) < 4.78 is 0. The van der Waals surface area contributed by atoms with Crippen LogP contribution in [0.1, 0.15) is 11.1 Å². The quantitative estimate of drug-likeness (QED) is 0.622. The Morgan fingerprint density at radius 1 is 0.944 bits per heavy atom. The fourth-order valence-electron chi connectivity index (χ4n) is 2.24. The Hall–Kier alpha value is -1.73. The molecular weight excluding hydrogens is 242 g/mol. The van der Waals surface area contributed by atoms with E-state index < -0.39 is 0 Å². The zero-order valence-corrected chi connectivity index (χ0v) is 11.2. The van der Waals surface area contributed by atoms with Gasteiger partial charge in [0.05, 0.1) is 0 Å². The zero-order valence-electron chi connectivity index (χ0n) is 10.4. The first kappa shape index (κ1) is 11.4. The molecule has 3 rings (SSSR count). The van der Waals surface area contributed by atoms with Crippen LogP contribution in [0, 0.1) is 13.8 Å². The highest BCUT2D eigenvalue weighted by Gasteiger charge is 2.07. The molecule has 0 amide bonds. The Kier molecular flexibility index (Phi) is 2.64. The molecule has 0 radical (unpaired) electrons. The molecule has 3 aromatic rings. The molecule has 0 saturated heterocycles. The standard InChI is InChI=1S/C16H14ClN/c1-10-3-4-12(7-11(10)2)15-9-18-16-6-5-13(17)8-14(15)16/h3-9,18H,1-2H3. The van der Waals surface area contributed by atoms with Gasteiger partial charge in [-0.3, -0.25) is 0 Å². The van der Waals surface area contributed by atoms with Crippen molar-refractivity contribution >= 4 is 22.5 Å². The summed E-state index contributed by atoms with van der Waals surface area (Å²) in [5, 5.41) is 1.94. The van der Waals surface area contributed by atoms with Crippen LogP contribution in [0.2, 0.25) is 5.02 Å². The average molecular weight is 256 g/mol. The van der Waals surface area contributed by atoms with Crippen LogP contribution >= 0.6 is 11.6 Å². The third-order valence-electron chi connectivity index (χ3n) is 3.46. The molecule has 0 aliphatic carbocycles. The molecule has 1 aromatic heterocycles. The summed E-state index contributed by atoms with van der Waals surface area (Å²) in [6.45, 7) is 4.27. The highest BCUT2D eigenvalue weighted by Crippen LogP contribution is 2.31. The van der Waals surface area contributed by atoms with Crippen LogP contribution in [0.15, 0.2) is 42.6 Å². The number of rotatable bonds is 1. The molecule has 2 heteroatoms. The minimum absolute atomic E-state index is 0.771. The Balaban J connectivity index is 2.24. The number of H-pyrrole nitrogens is 1. The topological polar surface area (TPSA) is 15.8 Å².